The summed E-state index contributed by atoms with van der Waals surface area (Å²) in [5, 5.41) is 3.28. The minimum atomic E-state index is -0.189. The smallest absolute Gasteiger partial charge is 0.324 e. The van der Waals surface area contributed by atoms with E-state index in [0.29, 0.717) is 6.04 Å². The SMILES string of the molecule is CCCNC(CN1CCC(C)CC1C)C(=O)OC. The molecule has 0 aromatic heterocycles. The van der Waals surface area contributed by atoms with Crippen molar-refractivity contribution in [1.82, 2.24) is 10.2 Å². The fraction of sp³-hybridized carbons (Fsp3) is 0.929. The summed E-state index contributed by atoms with van der Waals surface area (Å²) >= 11 is 0. The maximum atomic E-state index is 11.8. The van der Waals surface area contributed by atoms with Gasteiger partial charge in [0.05, 0.1) is 7.11 Å². The molecule has 0 aliphatic carbocycles. The molecular weight excluding hydrogens is 228 g/mol. The van der Waals surface area contributed by atoms with Gasteiger partial charge in [0, 0.05) is 12.6 Å². The number of methoxy groups -OCH3 is 1. The Morgan fingerprint density at radius 1 is 1.50 bits per heavy atom. The van der Waals surface area contributed by atoms with Crippen LogP contribution < -0.4 is 5.32 Å². The second-order valence-electron chi connectivity index (χ2n) is 5.50. The van der Waals surface area contributed by atoms with Crippen LogP contribution in [-0.2, 0) is 9.53 Å². The van der Waals surface area contributed by atoms with Crippen molar-refractivity contribution in [3.8, 4) is 0 Å². The highest BCUT2D eigenvalue weighted by Gasteiger charge is 2.28. The molecule has 1 rings (SSSR count). The molecule has 4 heteroatoms. The monoisotopic (exact) mass is 256 g/mol. The van der Waals surface area contributed by atoms with Crippen molar-refractivity contribution in [1.29, 1.82) is 0 Å². The minimum Gasteiger partial charge on any atom is -0.468 e. The van der Waals surface area contributed by atoms with Gasteiger partial charge in [-0.3, -0.25) is 9.69 Å². The van der Waals surface area contributed by atoms with Crippen LogP contribution in [0.4, 0.5) is 0 Å². The molecule has 1 heterocycles. The van der Waals surface area contributed by atoms with Gasteiger partial charge in [-0.25, -0.2) is 0 Å². The van der Waals surface area contributed by atoms with E-state index in [0.717, 1.165) is 32.0 Å². The molecule has 1 N–H and O–H groups in total. The summed E-state index contributed by atoms with van der Waals surface area (Å²) in [5.41, 5.74) is 0. The van der Waals surface area contributed by atoms with Gasteiger partial charge in [-0.05, 0) is 45.2 Å². The number of piperidine rings is 1. The Hall–Kier alpha value is -0.610. The number of rotatable bonds is 6. The average Bonchev–Trinajstić information content (AvgIpc) is 2.36. The second kappa shape index (κ2) is 7.74. The van der Waals surface area contributed by atoms with Crippen LogP contribution in [0.5, 0.6) is 0 Å². The zero-order valence-electron chi connectivity index (χ0n) is 12.2. The molecule has 1 aliphatic heterocycles. The van der Waals surface area contributed by atoms with Gasteiger partial charge in [0.15, 0.2) is 0 Å². The molecule has 0 saturated carbocycles. The molecule has 0 bridgehead atoms. The van der Waals surface area contributed by atoms with Crippen LogP contribution in [0.15, 0.2) is 0 Å². The first-order chi connectivity index (χ1) is 8.58. The van der Waals surface area contributed by atoms with Crippen molar-refractivity contribution >= 4 is 5.97 Å². The number of nitrogens with zero attached hydrogens (tertiary/aromatic N) is 1. The normalized spacial score (nSPS) is 26.9. The number of carbonyl (C=O) groups is 1. The molecule has 0 aromatic carbocycles. The van der Waals surface area contributed by atoms with Crippen LogP contribution in [0.1, 0.15) is 40.0 Å². The van der Waals surface area contributed by atoms with E-state index in [-0.39, 0.29) is 12.0 Å². The summed E-state index contributed by atoms with van der Waals surface area (Å²) in [6.07, 6.45) is 3.48. The summed E-state index contributed by atoms with van der Waals surface area (Å²) in [7, 11) is 1.46. The Kier molecular flexibility index (Phi) is 6.65. The Morgan fingerprint density at radius 2 is 2.22 bits per heavy atom. The topological polar surface area (TPSA) is 41.6 Å². The zero-order valence-corrected chi connectivity index (χ0v) is 12.2. The summed E-state index contributed by atoms with van der Waals surface area (Å²) < 4.78 is 4.88. The van der Waals surface area contributed by atoms with E-state index in [1.165, 1.54) is 20.0 Å². The molecule has 0 aromatic rings. The number of carbonyl (C=O) groups excluding carboxylic acids is 1. The van der Waals surface area contributed by atoms with E-state index in [4.69, 9.17) is 4.74 Å². The lowest BCUT2D eigenvalue weighted by molar-refractivity contribution is -0.144. The number of hydrogen-bond acceptors (Lipinski definition) is 4. The lowest BCUT2D eigenvalue weighted by Gasteiger charge is -2.38. The van der Waals surface area contributed by atoms with E-state index in [1.54, 1.807) is 0 Å². The fourth-order valence-corrected chi connectivity index (χ4v) is 2.64. The number of esters is 1. The van der Waals surface area contributed by atoms with Crippen LogP contribution in [-0.4, -0.2) is 49.7 Å². The molecule has 0 radical (unpaired) electrons. The highest BCUT2D eigenvalue weighted by atomic mass is 16.5. The van der Waals surface area contributed by atoms with Gasteiger partial charge in [-0.2, -0.15) is 0 Å². The van der Waals surface area contributed by atoms with Crippen LogP contribution >= 0.6 is 0 Å². The van der Waals surface area contributed by atoms with E-state index in [1.807, 2.05) is 0 Å². The minimum absolute atomic E-state index is 0.144. The summed E-state index contributed by atoms with van der Waals surface area (Å²) in [5.74, 6) is 0.658. The van der Waals surface area contributed by atoms with Crippen molar-refractivity contribution in [2.24, 2.45) is 5.92 Å². The van der Waals surface area contributed by atoms with Gasteiger partial charge < -0.3 is 10.1 Å². The average molecular weight is 256 g/mol. The van der Waals surface area contributed by atoms with Gasteiger partial charge in [0.1, 0.15) is 6.04 Å². The number of likely N-dealkylation sites (tertiary alicyclic amines) is 1. The molecular formula is C14H28N2O2. The molecule has 18 heavy (non-hydrogen) atoms. The number of nitrogens with one attached hydrogen (secondary N) is 1. The molecule has 1 fully saturated rings. The third-order valence-corrected chi connectivity index (χ3v) is 3.82. The van der Waals surface area contributed by atoms with Gasteiger partial charge in [-0.15, -0.1) is 0 Å². The maximum absolute atomic E-state index is 11.8. The molecule has 3 unspecified atom stereocenters. The van der Waals surface area contributed by atoms with Crippen LogP contribution in [0.25, 0.3) is 0 Å². The molecule has 0 amide bonds. The number of ether oxygens (including phenoxy) is 1. The van der Waals surface area contributed by atoms with Gasteiger partial charge in [0.25, 0.3) is 0 Å². The Balaban J connectivity index is 2.51. The first kappa shape index (κ1) is 15.4. The molecule has 3 atom stereocenters. The highest BCUT2D eigenvalue weighted by Crippen LogP contribution is 2.22. The molecule has 1 aliphatic rings. The summed E-state index contributed by atoms with van der Waals surface area (Å²) in [4.78, 5) is 14.2. The zero-order chi connectivity index (χ0) is 13.5. The van der Waals surface area contributed by atoms with Crippen molar-refractivity contribution < 1.29 is 9.53 Å². The van der Waals surface area contributed by atoms with Gasteiger partial charge >= 0.3 is 5.97 Å². The van der Waals surface area contributed by atoms with Crippen molar-refractivity contribution in [3.05, 3.63) is 0 Å². The quantitative estimate of drug-likeness (QED) is 0.734. The van der Waals surface area contributed by atoms with Crippen LogP contribution in [0.3, 0.4) is 0 Å². The lowest BCUT2D eigenvalue weighted by Crippen LogP contribution is -2.51. The predicted octanol–water partition coefficient (Wildman–Crippen LogP) is 1.65. The van der Waals surface area contributed by atoms with Crippen LogP contribution in [0.2, 0.25) is 0 Å². The first-order valence-corrected chi connectivity index (χ1v) is 7.13. The van der Waals surface area contributed by atoms with Crippen molar-refractivity contribution in [3.63, 3.8) is 0 Å². The third-order valence-electron chi connectivity index (χ3n) is 3.82. The molecule has 0 spiro atoms. The van der Waals surface area contributed by atoms with Gasteiger partial charge in [-0.1, -0.05) is 13.8 Å². The van der Waals surface area contributed by atoms with Crippen molar-refractivity contribution in [2.75, 3.05) is 26.7 Å². The van der Waals surface area contributed by atoms with E-state index in [2.05, 4.69) is 31.0 Å². The lowest BCUT2D eigenvalue weighted by atomic mass is 9.93. The summed E-state index contributed by atoms with van der Waals surface area (Å²) in [6, 6.07) is 0.370. The number of hydrogen-bond donors (Lipinski definition) is 1. The van der Waals surface area contributed by atoms with Gasteiger partial charge in [0.2, 0.25) is 0 Å². The van der Waals surface area contributed by atoms with E-state index in [9.17, 15) is 4.79 Å². The second-order valence-corrected chi connectivity index (χ2v) is 5.50. The Labute approximate surface area is 111 Å². The molecule has 1 saturated heterocycles. The van der Waals surface area contributed by atoms with Crippen molar-refractivity contribution in [2.45, 2.75) is 52.1 Å². The highest BCUT2D eigenvalue weighted by molar-refractivity contribution is 5.75. The third kappa shape index (κ3) is 4.58. The summed E-state index contributed by atoms with van der Waals surface area (Å²) in [6.45, 7) is 9.37. The molecule has 106 valence electrons. The Bertz CT molecular complexity index is 258. The molecule has 4 nitrogen and oxygen atoms in total. The van der Waals surface area contributed by atoms with Crippen LogP contribution in [0, 0.1) is 5.92 Å². The predicted molar refractivity (Wildman–Crippen MR) is 73.5 cm³/mol. The van der Waals surface area contributed by atoms with E-state index < -0.39 is 0 Å². The standard InChI is InChI=1S/C14H28N2O2/c1-5-7-15-13(14(17)18-4)10-16-8-6-11(2)9-12(16)3/h11-13,15H,5-10H2,1-4H3. The van der Waals surface area contributed by atoms with E-state index >= 15 is 0 Å². The largest absolute Gasteiger partial charge is 0.468 e. The maximum Gasteiger partial charge on any atom is 0.324 e. The first-order valence-electron chi connectivity index (χ1n) is 7.13. The fourth-order valence-electron chi connectivity index (χ4n) is 2.64. The Morgan fingerprint density at radius 3 is 2.78 bits per heavy atom.